The van der Waals surface area contributed by atoms with Crippen molar-refractivity contribution < 1.29 is 9.21 Å². The normalized spacial score (nSPS) is 12.4. The highest BCUT2D eigenvalue weighted by molar-refractivity contribution is 8.00. The van der Waals surface area contributed by atoms with Crippen LogP contribution in [-0.2, 0) is 11.3 Å². The number of pyridine rings is 1. The average Bonchev–Trinajstić information content (AvgIpc) is 2.81. The summed E-state index contributed by atoms with van der Waals surface area (Å²) < 4.78 is 5.57. The molecule has 1 N–H and O–H groups in total. The minimum Gasteiger partial charge on any atom is -0.437 e. The van der Waals surface area contributed by atoms with Crippen LogP contribution in [0.2, 0.25) is 0 Å². The van der Waals surface area contributed by atoms with Gasteiger partial charge in [0, 0.05) is 18.9 Å². The molecule has 0 radical (unpaired) electrons. The molecule has 0 aliphatic carbocycles. The second kappa shape index (κ2) is 7.45. The molecule has 1 atom stereocenters. The van der Waals surface area contributed by atoms with Gasteiger partial charge in [0.1, 0.15) is 5.76 Å². The average molecular weight is 319 g/mol. The zero-order valence-corrected chi connectivity index (χ0v) is 14.1. The van der Waals surface area contributed by atoms with Gasteiger partial charge in [-0.2, -0.15) is 0 Å². The van der Waals surface area contributed by atoms with Crippen molar-refractivity contribution in [3.05, 3.63) is 41.5 Å². The molecule has 2 rings (SSSR count). The summed E-state index contributed by atoms with van der Waals surface area (Å²) in [5.41, 5.74) is 1.84. The van der Waals surface area contributed by atoms with Gasteiger partial charge in [-0.25, -0.2) is 4.98 Å². The standard InChI is InChI=1S/C16H21N3O2S/c1-10(2)14(22-16-19-11(3)12(4)21-16)15(20)18-9-13-6-5-7-17-8-13/h5-8,10,14H,9H2,1-4H3,(H,18,20). The number of thioether (sulfide) groups is 1. The van der Waals surface area contributed by atoms with E-state index in [0.717, 1.165) is 17.0 Å². The molecule has 0 fully saturated rings. The molecule has 0 aliphatic rings. The summed E-state index contributed by atoms with van der Waals surface area (Å²) in [5, 5.41) is 3.26. The van der Waals surface area contributed by atoms with Crippen LogP contribution in [0.3, 0.4) is 0 Å². The Morgan fingerprint density at radius 2 is 2.18 bits per heavy atom. The molecular weight excluding hydrogens is 298 g/mol. The lowest BCUT2D eigenvalue weighted by Gasteiger charge is -2.18. The summed E-state index contributed by atoms with van der Waals surface area (Å²) in [7, 11) is 0. The summed E-state index contributed by atoms with van der Waals surface area (Å²) in [5.74, 6) is 0.949. The number of nitrogens with one attached hydrogen (secondary N) is 1. The zero-order valence-electron chi connectivity index (χ0n) is 13.3. The summed E-state index contributed by atoms with van der Waals surface area (Å²) in [4.78, 5) is 20.8. The first-order valence-corrected chi connectivity index (χ1v) is 8.12. The van der Waals surface area contributed by atoms with Gasteiger partial charge >= 0.3 is 0 Å². The first kappa shape index (κ1) is 16.5. The van der Waals surface area contributed by atoms with E-state index in [9.17, 15) is 4.79 Å². The summed E-state index contributed by atoms with van der Waals surface area (Å²) in [6, 6.07) is 3.79. The van der Waals surface area contributed by atoms with Crippen molar-refractivity contribution in [2.24, 2.45) is 5.92 Å². The minimum atomic E-state index is -0.242. The first-order valence-electron chi connectivity index (χ1n) is 7.24. The zero-order chi connectivity index (χ0) is 16.1. The number of carbonyl (C=O) groups excluding carboxylic acids is 1. The lowest BCUT2D eigenvalue weighted by atomic mass is 10.1. The van der Waals surface area contributed by atoms with Crippen molar-refractivity contribution in [3.63, 3.8) is 0 Å². The summed E-state index contributed by atoms with van der Waals surface area (Å²) in [6.45, 7) is 8.28. The van der Waals surface area contributed by atoms with Gasteiger partial charge < -0.3 is 9.73 Å². The third-order valence-corrected chi connectivity index (χ3v) is 4.68. The quantitative estimate of drug-likeness (QED) is 0.829. The maximum atomic E-state index is 12.4. The van der Waals surface area contributed by atoms with E-state index in [4.69, 9.17) is 4.42 Å². The van der Waals surface area contributed by atoms with E-state index in [1.54, 1.807) is 12.4 Å². The van der Waals surface area contributed by atoms with Crippen molar-refractivity contribution in [2.45, 2.75) is 44.7 Å². The number of hydrogen-bond donors (Lipinski definition) is 1. The number of rotatable bonds is 6. The van der Waals surface area contributed by atoms with E-state index in [-0.39, 0.29) is 17.1 Å². The topological polar surface area (TPSA) is 68.0 Å². The van der Waals surface area contributed by atoms with Crippen LogP contribution in [0.1, 0.15) is 30.9 Å². The Morgan fingerprint density at radius 1 is 1.41 bits per heavy atom. The Kier molecular flexibility index (Phi) is 5.60. The highest BCUT2D eigenvalue weighted by atomic mass is 32.2. The van der Waals surface area contributed by atoms with E-state index < -0.39 is 0 Å². The molecular formula is C16H21N3O2S. The summed E-state index contributed by atoms with van der Waals surface area (Å²) in [6.07, 6.45) is 3.46. The van der Waals surface area contributed by atoms with Crippen molar-refractivity contribution in [2.75, 3.05) is 0 Å². The molecule has 0 bridgehead atoms. The van der Waals surface area contributed by atoms with Gasteiger partial charge in [-0.3, -0.25) is 9.78 Å². The lowest BCUT2D eigenvalue weighted by Crippen LogP contribution is -2.35. The van der Waals surface area contributed by atoms with Gasteiger partial charge in [-0.05, 0) is 31.4 Å². The van der Waals surface area contributed by atoms with Crippen LogP contribution in [0.25, 0.3) is 0 Å². The van der Waals surface area contributed by atoms with E-state index in [1.165, 1.54) is 11.8 Å². The van der Waals surface area contributed by atoms with Crippen LogP contribution in [0, 0.1) is 19.8 Å². The molecule has 5 nitrogen and oxygen atoms in total. The molecule has 118 valence electrons. The van der Waals surface area contributed by atoms with Crippen molar-refractivity contribution >= 4 is 17.7 Å². The molecule has 2 aromatic rings. The molecule has 0 aliphatic heterocycles. The molecule has 2 heterocycles. The van der Waals surface area contributed by atoms with Crippen LogP contribution < -0.4 is 5.32 Å². The Hall–Kier alpha value is -1.82. The molecule has 0 saturated heterocycles. The molecule has 0 aromatic carbocycles. The summed E-state index contributed by atoms with van der Waals surface area (Å²) >= 11 is 1.37. The number of aryl methyl sites for hydroxylation is 2. The number of amides is 1. The Labute approximate surface area is 134 Å². The van der Waals surface area contributed by atoms with E-state index >= 15 is 0 Å². The number of carbonyl (C=O) groups is 1. The fourth-order valence-corrected chi connectivity index (χ4v) is 2.93. The third kappa shape index (κ3) is 4.34. The fourth-order valence-electron chi connectivity index (χ4n) is 1.89. The fraction of sp³-hybridized carbons (Fsp3) is 0.438. The molecule has 22 heavy (non-hydrogen) atoms. The highest BCUT2D eigenvalue weighted by Gasteiger charge is 2.25. The van der Waals surface area contributed by atoms with Crippen LogP contribution in [0.4, 0.5) is 0 Å². The molecule has 1 unspecified atom stereocenters. The largest absolute Gasteiger partial charge is 0.437 e. The van der Waals surface area contributed by atoms with E-state index in [1.807, 2.05) is 39.8 Å². The molecule has 2 aromatic heterocycles. The smallest absolute Gasteiger partial charge is 0.256 e. The Morgan fingerprint density at radius 3 is 2.73 bits per heavy atom. The predicted octanol–water partition coefficient (Wildman–Crippen LogP) is 3.12. The Balaban J connectivity index is 1.99. The highest BCUT2D eigenvalue weighted by Crippen LogP contribution is 2.29. The van der Waals surface area contributed by atoms with Gasteiger partial charge in [0.2, 0.25) is 5.91 Å². The van der Waals surface area contributed by atoms with Gasteiger partial charge in [-0.1, -0.05) is 31.7 Å². The molecule has 6 heteroatoms. The van der Waals surface area contributed by atoms with Crippen LogP contribution in [0.5, 0.6) is 0 Å². The van der Waals surface area contributed by atoms with Crippen molar-refractivity contribution in [3.8, 4) is 0 Å². The SMILES string of the molecule is Cc1nc(SC(C(=O)NCc2cccnc2)C(C)C)oc1C. The van der Waals surface area contributed by atoms with Crippen molar-refractivity contribution in [1.29, 1.82) is 0 Å². The maximum absolute atomic E-state index is 12.4. The molecule has 0 saturated carbocycles. The number of hydrogen-bond acceptors (Lipinski definition) is 5. The van der Waals surface area contributed by atoms with E-state index in [0.29, 0.717) is 11.8 Å². The number of aromatic nitrogens is 2. The van der Waals surface area contributed by atoms with Crippen LogP contribution >= 0.6 is 11.8 Å². The minimum absolute atomic E-state index is 0.0163. The van der Waals surface area contributed by atoms with Gasteiger partial charge in [-0.15, -0.1) is 0 Å². The van der Waals surface area contributed by atoms with Crippen LogP contribution in [0.15, 0.2) is 34.2 Å². The van der Waals surface area contributed by atoms with Gasteiger partial charge in [0.15, 0.2) is 0 Å². The van der Waals surface area contributed by atoms with E-state index in [2.05, 4.69) is 15.3 Å². The van der Waals surface area contributed by atoms with Gasteiger partial charge in [0.05, 0.1) is 10.9 Å². The maximum Gasteiger partial charge on any atom is 0.256 e. The molecule has 0 spiro atoms. The van der Waals surface area contributed by atoms with Crippen molar-refractivity contribution in [1.82, 2.24) is 15.3 Å². The number of nitrogens with zero attached hydrogens (tertiary/aromatic N) is 2. The second-order valence-electron chi connectivity index (χ2n) is 5.48. The monoisotopic (exact) mass is 319 g/mol. The molecule has 1 amide bonds. The van der Waals surface area contributed by atoms with Gasteiger partial charge in [0.25, 0.3) is 5.22 Å². The second-order valence-corrected chi connectivity index (χ2v) is 6.58. The van der Waals surface area contributed by atoms with Crippen LogP contribution in [-0.4, -0.2) is 21.1 Å². The first-order chi connectivity index (χ1) is 10.5. The third-order valence-electron chi connectivity index (χ3n) is 3.29. The Bertz CT molecular complexity index is 606. The lowest BCUT2D eigenvalue weighted by molar-refractivity contribution is -0.121. The number of oxazole rings is 1. The predicted molar refractivity (Wildman–Crippen MR) is 86.5 cm³/mol.